The Morgan fingerprint density at radius 2 is 1.97 bits per heavy atom. The molecule has 7 nitrogen and oxygen atoms in total. The number of aromatic nitrogens is 4. The molecule has 1 aromatic carbocycles. The van der Waals surface area contributed by atoms with Crippen molar-refractivity contribution in [3.8, 4) is 5.75 Å². The average Bonchev–Trinajstić information content (AvgIpc) is 3.42. The van der Waals surface area contributed by atoms with Crippen molar-refractivity contribution in [2.45, 2.75) is 83.6 Å². The standard InChI is InChI=1S/C27H37N5O2S/c1-5-14-31-19(2)15-24(20(31)3)25(33)18-35-27-30-29-26(32(27)22-11-7-6-8-12-22)17-28-21-10-9-13-23(16-21)34-4/h9-10,13,15-16,22,28H,5-8,11-12,14,17-18H2,1-4H3. The molecule has 1 aliphatic rings. The lowest BCUT2D eigenvalue weighted by Crippen LogP contribution is -2.18. The van der Waals surface area contributed by atoms with Gasteiger partial charge in [0, 0.05) is 41.3 Å². The van der Waals surface area contributed by atoms with Crippen molar-refractivity contribution < 1.29 is 9.53 Å². The Bertz CT molecular complexity index is 1150. The van der Waals surface area contributed by atoms with Gasteiger partial charge in [-0.2, -0.15) is 0 Å². The number of carbonyl (C=O) groups excluding carboxylic acids is 1. The zero-order chi connectivity index (χ0) is 24.8. The summed E-state index contributed by atoms with van der Waals surface area (Å²) in [5.41, 5.74) is 4.02. The number of ketones is 1. The van der Waals surface area contributed by atoms with Crippen LogP contribution in [0.2, 0.25) is 0 Å². The number of thioether (sulfide) groups is 1. The van der Waals surface area contributed by atoms with Crippen LogP contribution in [0.4, 0.5) is 5.69 Å². The van der Waals surface area contributed by atoms with Crippen molar-refractivity contribution >= 4 is 23.2 Å². The van der Waals surface area contributed by atoms with E-state index in [0.717, 1.165) is 65.2 Å². The number of benzene rings is 1. The number of methoxy groups -OCH3 is 1. The fraction of sp³-hybridized carbons (Fsp3) is 0.519. The minimum atomic E-state index is 0.153. The van der Waals surface area contributed by atoms with E-state index in [4.69, 9.17) is 4.74 Å². The van der Waals surface area contributed by atoms with Crippen molar-refractivity contribution in [1.29, 1.82) is 0 Å². The Labute approximate surface area is 212 Å². The van der Waals surface area contributed by atoms with Crippen molar-refractivity contribution in [2.75, 3.05) is 18.2 Å². The first-order valence-electron chi connectivity index (χ1n) is 12.7. The lowest BCUT2D eigenvalue weighted by atomic mass is 9.95. The molecule has 0 radical (unpaired) electrons. The predicted octanol–water partition coefficient (Wildman–Crippen LogP) is 6.21. The summed E-state index contributed by atoms with van der Waals surface area (Å²) in [6.07, 6.45) is 7.03. The van der Waals surface area contributed by atoms with Crippen LogP contribution in [0.25, 0.3) is 0 Å². The number of rotatable bonds is 11. The lowest BCUT2D eigenvalue weighted by Gasteiger charge is -2.25. The fourth-order valence-corrected chi connectivity index (χ4v) is 5.91. The quantitative estimate of drug-likeness (QED) is 0.252. The van der Waals surface area contributed by atoms with Gasteiger partial charge < -0.3 is 19.2 Å². The molecular weight excluding hydrogens is 458 g/mol. The van der Waals surface area contributed by atoms with Gasteiger partial charge in [0.25, 0.3) is 0 Å². The van der Waals surface area contributed by atoms with Crippen LogP contribution in [0.15, 0.2) is 35.5 Å². The van der Waals surface area contributed by atoms with Crippen LogP contribution in [0, 0.1) is 13.8 Å². The molecule has 2 aromatic heterocycles. The van der Waals surface area contributed by atoms with Crippen LogP contribution in [0.5, 0.6) is 5.75 Å². The zero-order valence-corrected chi connectivity index (χ0v) is 22.2. The van der Waals surface area contributed by atoms with E-state index in [9.17, 15) is 4.79 Å². The third kappa shape index (κ3) is 5.92. The van der Waals surface area contributed by atoms with Gasteiger partial charge in [-0.25, -0.2) is 0 Å². The number of Topliss-reactive ketones (excluding diaryl/α,β-unsaturated/α-hetero) is 1. The molecular formula is C27H37N5O2S. The van der Waals surface area contributed by atoms with Gasteiger partial charge >= 0.3 is 0 Å². The Kier molecular flexibility index (Phi) is 8.55. The molecule has 0 bridgehead atoms. The molecule has 1 aliphatic carbocycles. The summed E-state index contributed by atoms with van der Waals surface area (Å²) in [5.74, 6) is 2.25. The second-order valence-electron chi connectivity index (χ2n) is 9.29. The van der Waals surface area contributed by atoms with E-state index < -0.39 is 0 Å². The van der Waals surface area contributed by atoms with E-state index in [1.54, 1.807) is 7.11 Å². The van der Waals surface area contributed by atoms with Crippen LogP contribution in [0.3, 0.4) is 0 Å². The van der Waals surface area contributed by atoms with E-state index in [1.807, 2.05) is 37.3 Å². The number of carbonyl (C=O) groups is 1. The molecule has 1 fully saturated rings. The first-order valence-corrected chi connectivity index (χ1v) is 13.6. The molecule has 0 atom stereocenters. The highest BCUT2D eigenvalue weighted by atomic mass is 32.2. The van der Waals surface area contributed by atoms with Crippen molar-refractivity contribution in [3.05, 3.63) is 53.1 Å². The summed E-state index contributed by atoms with van der Waals surface area (Å²) in [6.45, 7) is 7.80. The number of nitrogens with zero attached hydrogens (tertiary/aromatic N) is 4. The van der Waals surface area contributed by atoms with Crippen LogP contribution in [0.1, 0.15) is 79.1 Å². The molecule has 0 aliphatic heterocycles. The maximum absolute atomic E-state index is 13.2. The molecule has 1 saturated carbocycles. The van der Waals surface area contributed by atoms with Gasteiger partial charge in [0.05, 0.1) is 19.4 Å². The highest BCUT2D eigenvalue weighted by molar-refractivity contribution is 7.99. The Morgan fingerprint density at radius 3 is 2.71 bits per heavy atom. The summed E-state index contributed by atoms with van der Waals surface area (Å²) in [5, 5.41) is 13.4. The van der Waals surface area contributed by atoms with Gasteiger partial charge in [-0.05, 0) is 51.3 Å². The minimum absolute atomic E-state index is 0.153. The maximum atomic E-state index is 13.2. The normalized spacial score (nSPS) is 14.3. The third-order valence-electron chi connectivity index (χ3n) is 6.85. The number of ether oxygens (including phenoxy) is 1. The number of hydrogen-bond acceptors (Lipinski definition) is 6. The smallest absolute Gasteiger partial charge is 0.191 e. The van der Waals surface area contributed by atoms with Crippen molar-refractivity contribution in [1.82, 2.24) is 19.3 Å². The number of aryl methyl sites for hydroxylation is 1. The summed E-state index contributed by atoms with van der Waals surface area (Å²) < 4.78 is 9.86. The van der Waals surface area contributed by atoms with E-state index >= 15 is 0 Å². The number of hydrogen-bond donors (Lipinski definition) is 1. The van der Waals surface area contributed by atoms with Crippen molar-refractivity contribution in [2.24, 2.45) is 0 Å². The molecule has 188 valence electrons. The average molecular weight is 496 g/mol. The monoisotopic (exact) mass is 495 g/mol. The first kappa shape index (κ1) is 25.4. The second kappa shape index (κ2) is 11.8. The SMILES string of the molecule is CCCn1c(C)cc(C(=O)CSc2nnc(CNc3cccc(OC)c3)n2C2CCCCC2)c1C. The van der Waals surface area contributed by atoms with Crippen LogP contribution < -0.4 is 10.1 Å². The fourth-order valence-electron chi connectivity index (χ4n) is 5.01. The van der Waals surface area contributed by atoms with Crippen LogP contribution >= 0.6 is 11.8 Å². The number of nitrogens with one attached hydrogen (secondary N) is 1. The van der Waals surface area contributed by atoms with Gasteiger partial charge in [0.15, 0.2) is 16.8 Å². The van der Waals surface area contributed by atoms with Crippen LogP contribution in [-0.2, 0) is 13.1 Å². The largest absolute Gasteiger partial charge is 0.497 e. The summed E-state index contributed by atoms with van der Waals surface area (Å²) in [4.78, 5) is 13.2. The van der Waals surface area contributed by atoms with Crippen LogP contribution in [-0.4, -0.2) is 38.0 Å². The highest BCUT2D eigenvalue weighted by Crippen LogP contribution is 2.33. The topological polar surface area (TPSA) is 74.0 Å². The van der Waals surface area contributed by atoms with Gasteiger partial charge in [0.2, 0.25) is 0 Å². The van der Waals surface area contributed by atoms with E-state index in [-0.39, 0.29) is 5.78 Å². The molecule has 0 saturated heterocycles. The summed E-state index contributed by atoms with van der Waals surface area (Å²) in [6, 6.07) is 10.3. The van der Waals surface area contributed by atoms with Gasteiger partial charge in [0.1, 0.15) is 5.75 Å². The molecule has 8 heteroatoms. The summed E-state index contributed by atoms with van der Waals surface area (Å²) >= 11 is 1.51. The minimum Gasteiger partial charge on any atom is -0.497 e. The zero-order valence-electron chi connectivity index (χ0n) is 21.3. The predicted molar refractivity (Wildman–Crippen MR) is 142 cm³/mol. The molecule has 2 heterocycles. The first-order chi connectivity index (χ1) is 17.0. The van der Waals surface area contributed by atoms with Gasteiger partial charge in [-0.1, -0.05) is 44.0 Å². The maximum Gasteiger partial charge on any atom is 0.191 e. The van der Waals surface area contributed by atoms with Gasteiger partial charge in [-0.3, -0.25) is 4.79 Å². The van der Waals surface area contributed by atoms with E-state index in [1.165, 1.54) is 31.0 Å². The second-order valence-corrected chi connectivity index (χ2v) is 10.2. The van der Waals surface area contributed by atoms with E-state index in [2.05, 4.69) is 38.5 Å². The highest BCUT2D eigenvalue weighted by Gasteiger charge is 2.24. The molecule has 35 heavy (non-hydrogen) atoms. The number of anilines is 1. The van der Waals surface area contributed by atoms with Crippen molar-refractivity contribution in [3.63, 3.8) is 0 Å². The molecule has 3 aromatic rings. The molecule has 0 spiro atoms. The molecule has 1 N–H and O–H groups in total. The Hall–Kier alpha value is -2.74. The summed E-state index contributed by atoms with van der Waals surface area (Å²) in [7, 11) is 1.67. The third-order valence-corrected chi connectivity index (χ3v) is 7.79. The van der Waals surface area contributed by atoms with E-state index in [0.29, 0.717) is 18.3 Å². The molecule has 0 unspecified atom stereocenters. The molecule has 4 rings (SSSR count). The van der Waals surface area contributed by atoms with Gasteiger partial charge in [-0.15, -0.1) is 10.2 Å². The Balaban J connectivity index is 1.50. The Morgan fingerprint density at radius 1 is 1.17 bits per heavy atom. The lowest BCUT2D eigenvalue weighted by molar-refractivity contribution is 0.102. The molecule has 0 amide bonds.